The van der Waals surface area contributed by atoms with E-state index in [1.54, 1.807) is 11.3 Å². The average Bonchev–Trinajstić information content (AvgIpc) is 3.22. The van der Waals surface area contributed by atoms with Gasteiger partial charge in [0.25, 0.3) is 0 Å². The van der Waals surface area contributed by atoms with Crippen molar-refractivity contribution in [3.05, 3.63) is 46.5 Å². The summed E-state index contributed by atoms with van der Waals surface area (Å²) in [5, 5.41) is 1.09. The van der Waals surface area contributed by atoms with E-state index in [0.29, 0.717) is 5.78 Å². The van der Waals surface area contributed by atoms with E-state index < -0.39 is 0 Å². The summed E-state index contributed by atoms with van der Waals surface area (Å²) in [6, 6.07) is 8.25. The Labute approximate surface area is 184 Å². The predicted octanol–water partition coefficient (Wildman–Crippen LogP) is 4.37. The summed E-state index contributed by atoms with van der Waals surface area (Å²) in [7, 11) is 0. The molecule has 1 atom stereocenters. The first-order valence-electron chi connectivity index (χ1n) is 11.0. The van der Waals surface area contributed by atoms with Crippen LogP contribution < -0.4 is 4.90 Å². The van der Waals surface area contributed by atoms with Crippen LogP contribution in [0.3, 0.4) is 0 Å². The summed E-state index contributed by atoms with van der Waals surface area (Å²) in [6.45, 7) is 12.8. The van der Waals surface area contributed by atoms with E-state index in [1.807, 2.05) is 18.3 Å². The maximum absolute atomic E-state index is 13.1. The first kappa shape index (κ1) is 21.5. The maximum atomic E-state index is 13.1. The number of piperidine rings is 1. The van der Waals surface area contributed by atoms with E-state index in [0.717, 1.165) is 69.5 Å². The highest BCUT2D eigenvalue weighted by molar-refractivity contribution is 7.15. The minimum atomic E-state index is 0.0888. The van der Waals surface area contributed by atoms with E-state index in [4.69, 9.17) is 4.74 Å². The summed E-state index contributed by atoms with van der Waals surface area (Å²) in [4.78, 5) is 23.8. The third-order valence-electron chi connectivity index (χ3n) is 6.11. The summed E-state index contributed by atoms with van der Waals surface area (Å²) >= 11 is 1.78. The Morgan fingerprint density at radius 2 is 1.90 bits per heavy atom. The van der Waals surface area contributed by atoms with Gasteiger partial charge in [0.05, 0.1) is 13.2 Å². The third-order valence-corrected chi connectivity index (χ3v) is 7.16. The van der Waals surface area contributed by atoms with Crippen LogP contribution in [-0.2, 0) is 16.7 Å². The topological polar surface area (TPSA) is 45.7 Å². The second kappa shape index (κ2) is 9.16. The molecule has 2 aliphatic rings. The summed E-state index contributed by atoms with van der Waals surface area (Å²) in [5.41, 5.74) is 2.23. The highest BCUT2D eigenvalue weighted by Gasteiger charge is 2.27. The van der Waals surface area contributed by atoms with Crippen molar-refractivity contribution in [2.24, 2.45) is 5.92 Å². The fraction of sp³-hybridized carbons (Fsp3) is 0.583. The number of hydrogen-bond acceptors (Lipinski definition) is 6. The van der Waals surface area contributed by atoms with Crippen LogP contribution in [0.2, 0.25) is 0 Å². The largest absolute Gasteiger partial charge is 0.378 e. The first-order chi connectivity index (χ1) is 14.4. The van der Waals surface area contributed by atoms with Gasteiger partial charge >= 0.3 is 0 Å². The lowest BCUT2D eigenvalue weighted by Crippen LogP contribution is -2.38. The highest BCUT2D eigenvalue weighted by Crippen LogP contribution is 2.28. The van der Waals surface area contributed by atoms with Crippen LogP contribution in [0, 0.1) is 5.92 Å². The Hall–Kier alpha value is -1.76. The Morgan fingerprint density at radius 1 is 1.17 bits per heavy atom. The van der Waals surface area contributed by atoms with Crippen LogP contribution in [0.5, 0.6) is 0 Å². The number of ketones is 1. The zero-order valence-corrected chi connectivity index (χ0v) is 19.2. The van der Waals surface area contributed by atoms with Gasteiger partial charge in [-0.15, -0.1) is 11.3 Å². The van der Waals surface area contributed by atoms with Crippen molar-refractivity contribution < 1.29 is 9.53 Å². The number of carbonyl (C=O) groups excluding carboxylic acids is 1. The van der Waals surface area contributed by atoms with Gasteiger partial charge in [-0.2, -0.15) is 0 Å². The highest BCUT2D eigenvalue weighted by atomic mass is 32.1. The Morgan fingerprint density at radius 3 is 2.60 bits per heavy atom. The SMILES string of the molecule is CC(C)(C)c1ccc(C(=O)[C@H]2CCCN(Cc3cnc(N4CCOCC4)s3)C2)cc1. The molecule has 162 valence electrons. The molecule has 0 radical (unpaired) electrons. The summed E-state index contributed by atoms with van der Waals surface area (Å²) < 4.78 is 5.44. The molecule has 6 heteroatoms. The maximum Gasteiger partial charge on any atom is 0.185 e. The monoisotopic (exact) mass is 427 g/mol. The molecule has 0 saturated carbocycles. The molecule has 2 aromatic rings. The number of ether oxygens (including phenoxy) is 1. The van der Waals surface area contributed by atoms with E-state index in [1.165, 1.54) is 10.4 Å². The van der Waals surface area contributed by atoms with Crippen molar-refractivity contribution >= 4 is 22.3 Å². The minimum Gasteiger partial charge on any atom is -0.378 e. The van der Waals surface area contributed by atoms with Crippen molar-refractivity contribution in [3.63, 3.8) is 0 Å². The van der Waals surface area contributed by atoms with Crippen molar-refractivity contribution in [3.8, 4) is 0 Å². The number of carbonyl (C=O) groups is 1. The molecule has 30 heavy (non-hydrogen) atoms. The quantitative estimate of drug-likeness (QED) is 0.663. The van der Waals surface area contributed by atoms with Crippen LogP contribution in [0.15, 0.2) is 30.5 Å². The van der Waals surface area contributed by atoms with Gasteiger partial charge in [-0.1, -0.05) is 45.0 Å². The predicted molar refractivity (Wildman–Crippen MR) is 123 cm³/mol. The molecule has 1 aromatic carbocycles. The molecule has 0 amide bonds. The molecule has 2 aliphatic heterocycles. The van der Waals surface area contributed by atoms with Gasteiger partial charge in [0, 0.05) is 48.7 Å². The smallest absolute Gasteiger partial charge is 0.185 e. The van der Waals surface area contributed by atoms with Crippen LogP contribution >= 0.6 is 11.3 Å². The van der Waals surface area contributed by atoms with Crippen LogP contribution in [0.1, 0.15) is 54.4 Å². The van der Waals surface area contributed by atoms with Crippen molar-refractivity contribution in [1.29, 1.82) is 0 Å². The molecule has 2 saturated heterocycles. The fourth-order valence-corrected chi connectivity index (χ4v) is 5.28. The molecule has 4 rings (SSSR count). The lowest BCUT2D eigenvalue weighted by Gasteiger charge is -2.31. The molecule has 1 aromatic heterocycles. The van der Waals surface area contributed by atoms with E-state index >= 15 is 0 Å². The second-order valence-electron chi connectivity index (χ2n) is 9.47. The van der Waals surface area contributed by atoms with Crippen molar-refractivity contribution in [1.82, 2.24) is 9.88 Å². The number of nitrogens with zero attached hydrogens (tertiary/aromatic N) is 3. The van der Waals surface area contributed by atoms with Gasteiger partial charge < -0.3 is 9.64 Å². The van der Waals surface area contributed by atoms with Crippen molar-refractivity contribution in [2.45, 2.75) is 45.6 Å². The molecular weight excluding hydrogens is 394 g/mol. The number of aromatic nitrogens is 1. The van der Waals surface area contributed by atoms with E-state index in [-0.39, 0.29) is 11.3 Å². The summed E-state index contributed by atoms with van der Waals surface area (Å²) in [6.07, 6.45) is 4.07. The van der Waals surface area contributed by atoms with Gasteiger partial charge in [0.2, 0.25) is 0 Å². The molecule has 3 heterocycles. The molecule has 0 bridgehead atoms. The van der Waals surface area contributed by atoms with Crippen LogP contribution in [-0.4, -0.2) is 55.1 Å². The number of rotatable bonds is 5. The standard InChI is InChI=1S/C24H33N3O2S/c1-24(2,3)20-8-6-18(7-9-20)22(28)19-5-4-10-26(16-19)17-21-15-25-23(30-21)27-11-13-29-14-12-27/h6-9,15,19H,4-5,10-14,16-17H2,1-3H3/t19-/m0/s1. The fourth-order valence-electron chi connectivity index (χ4n) is 4.27. The minimum absolute atomic E-state index is 0.0888. The number of Topliss-reactive ketones (excluding diaryl/α,β-unsaturated/α-hetero) is 1. The normalized spacial score (nSPS) is 21.0. The lowest BCUT2D eigenvalue weighted by molar-refractivity contribution is 0.0812. The molecular formula is C24H33N3O2S. The molecule has 0 N–H and O–H groups in total. The van der Waals surface area contributed by atoms with Gasteiger partial charge in [-0.05, 0) is 30.4 Å². The van der Waals surface area contributed by atoms with Gasteiger partial charge in [-0.25, -0.2) is 4.98 Å². The Balaban J connectivity index is 1.36. The zero-order chi connectivity index (χ0) is 21.1. The number of benzene rings is 1. The van der Waals surface area contributed by atoms with E-state index in [9.17, 15) is 4.79 Å². The first-order valence-corrected chi connectivity index (χ1v) is 11.9. The third kappa shape index (κ3) is 5.10. The molecule has 5 nitrogen and oxygen atoms in total. The number of thiazole rings is 1. The number of anilines is 1. The molecule has 0 aliphatic carbocycles. The lowest BCUT2D eigenvalue weighted by atomic mass is 9.85. The second-order valence-corrected chi connectivity index (χ2v) is 10.6. The van der Waals surface area contributed by atoms with Gasteiger partial charge in [-0.3, -0.25) is 9.69 Å². The summed E-state index contributed by atoms with van der Waals surface area (Å²) in [5.74, 6) is 0.379. The van der Waals surface area contributed by atoms with E-state index in [2.05, 4.69) is 47.7 Å². The van der Waals surface area contributed by atoms with Crippen LogP contribution in [0.4, 0.5) is 5.13 Å². The average molecular weight is 428 g/mol. The van der Waals surface area contributed by atoms with Gasteiger partial charge in [0.1, 0.15) is 0 Å². The Bertz CT molecular complexity index is 850. The van der Waals surface area contributed by atoms with Crippen molar-refractivity contribution in [2.75, 3.05) is 44.3 Å². The van der Waals surface area contributed by atoms with Gasteiger partial charge in [0.15, 0.2) is 10.9 Å². The molecule has 2 fully saturated rings. The van der Waals surface area contributed by atoms with Crippen LogP contribution in [0.25, 0.3) is 0 Å². The Kier molecular flexibility index (Phi) is 6.56. The number of hydrogen-bond donors (Lipinski definition) is 0. The molecule has 0 spiro atoms. The number of likely N-dealkylation sites (tertiary alicyclic amines) is 1. The zero-order valence-electron chi connectivity index (χ0n) is 18.4. The number of morpholine rings is 1. The molecule has 0 unspecified atom stereocenters.